The molecule has 0 unspecified atom stereocenters. The summed E-state index contributed by atoms with van der Waals surface area (Å²) in [5.74, 6) is -0.623. The summed E-state index contributed by atoms with van der Waals surface area (Å²) in [5.41, 5.74) is 0.450. The molecule has 17 heavy (non-hydrogen) atoms. The van der Waals surface area contributed by atoms with Gasteiger partial charge in [-0.1, -0.05) is 39.2 Å². The predicted octanol–water partition coefficient (Wildman–Crippen LogP) is 3.60. The zero-order valence-corrected chi connectivity index (χ0v) is 11.0. The number of carbonyl (C=O) groups is 2. The highest BCUT2D eigenvalue weighted by molar-refractivity contribution is 5.93. The van der Waals surface area contributed by atoms with Gasteiger partial charge in [-0.2, -0.15) is 0 Å². The van der Waals surface area contributed by atoms with Crippen LogP contribution in [0.2, 0.25) is 0 Å². The first-order chi connectivity index (χ1) is 8.11. The van der Waals surface area contributed by atoms with E-state index in [2.05, 4.69) is 11.7 Å². The van der Waals surface area contributed by atoms with E-state index in [0.29, 0.717) is 12.2 Å². The molecule has 0 rings (SSSR count). The summed E-state index contributed by atoms with van der Waals surface area (Å²) in [6.07, 6.45) is 5.48. The van der Waals surface area contributed by atoms with E-state index >= 15 is 0 Å². The molecule has 0 aliphatic heterocycles. The highest BCUT2D eigenvalue weighted by Gasteiger charge is 2.12. The molecule has 0 amide bonds. The zero-order chi connectivity index (χ0) is 13.1. The van der Waals surface area contributed by atoms with E-state index in [1.807, 2.05) is 6.92 Å². The van der Waals surface area contributed by atoms with Crippen molar-refractivity contribution in [1.82, 2.24) is 0 Å². The summed E-state index contributed by atoms with van der Waals surface area (Å²) in [6.45, 7) is 5.99. The van der Waals surface area contributed by atoms with E-state index in [-0.39, 0.29) is 0 Å². The average Bonchev–Trinajstić information content (AvgIpc) is 2.29. The van der Waals surface area contributed by atoms with Crippen LogP contribution in [0.25, 0.3) is 0 Å². The van der Waals surface area contributed by atoms with Crippen molar-refractivity contribution in [2.45, 2.75) is 52.9 Å². The van der Waals surface area contributed by atoms with Crippen LogP contribution in [0.15, 0.2) is 11.6 Å². The van der Waals surface area contributed by atoms with Crippen molar-refractivity contribution in [2.24, 2.45) is 0 Å². The third-order valence-corrected chi connectivity index (χ3v) is 2.22. The molecule has 0 N–H and O–H groups in total. The van der Waals surface area contributed by atoms with Gasteiger partial charge in [0.2, 0.25) is 0 Å². The summed E-state index contributed by atoms with van der Waals surface area (Å²) < 4.78 is 9.24. The molecule has 0 heterocycles. The second-order valence-corrected chi connectivity index (χ2v) is 3.87. The molecule has 98 valence electrons. The number of ether oxygens (including phenoxy) is 2. The van der Waals surface area contributed by atoms with Crippen LogP contribution in [0, 0.1) is 0 Å². The summed E-state index contributed by atoms with van der Waals surface area (Å²) >= 11 is 0. The van der Waals surface area contributed by atoms with Crippen LogP contribution in [-0.4, -0.2) is 18.7 Å². The normalized spacial score (nSPS) is 11.1. The molecule has 0 saturated heterocycles. The average molecular weight is 242 g/mol. The van der Waals surface area contributed by atoms with Gasteiger partial charge < -0.3 is 9.47 Å². The van der Waals surface area contributed by atoms with E-state index in [1.165, 1.54) is 0 Å². The van der Waals surface area contributed by atoms with Crippen LogP contribution >= 0.6 is 0 Å². The molecule has 0 aromatic carbocycles. The minimum atomic E-state index is -0.910. The Kier molecular flexibility index (Phi) is 9.11. The quantitative estimate of drug-likeness (QED) is 0.296. The first-order valence-electron chi connectivity index (χ1n) is 6.17. The summed E-state index contributed by atoms with van der Waals surface area (Å²) in [4.78, 5) is 22.5. The van der Waals surface area contributed by atoms with Crippen molar-refractivity contribution in [3.05, 3.63) is 11.6 Å². The number of esters is 1. The molecule has 0 saturated carbocycles. The number of hydrogen-bond donors (Lipinski definition) is 0. The molecule has 0 aliphatic carbocycles. The van der Waals surface area contributed by atoms with Crippen LogP contribution in [0.5, 0.6) is 0 Å². The van der Waals surface area contributed by atoms with Crippen LogP contribution < -0.4 is 0 Å². The Balaban J connectivity index is 3.90. The van der Waals surface area contributed by atoms with Gasteiger partial charge in [-0.15, -0.1) is 0 Å². The Morgan fingerprint density at radius 3 is 2.35 bits per heavy atom. The highest BCUT2D eigenvalue weighted by atomic mass is 16.7. The van der Waals surface area contributed by atoms with Gasteiger partial charge in [0.05, 0.1) is 6.61 Å². The fourth-order valence-electron chi connectivity index (χ4n) is 1.09. The number of unbranched alkanes of at least 4 members (excludes halogenated alkanes) is 3. The summed E-state index contributed by atoms with van der Waals surface area (Å²) in [6, 6.07) is 0. The van der Waals surface area contributed by atoms with Crippen LogP contribution in [0.1, 0.15) is 52.9 Å². The summed E-state index contributed by atoms with van der Waals surface area (Å²) in [5, 5.41) is 0. The fourth-order valence-corrected chi connectivity index (χ4v) is 1.09. The first-order valence-corrected chi connectivity index (χ1v) is 6.17. The van der Waals surface area contributed by atoms with E-state index in [9.17, 15) is 9.59 Å². The molecule has 4 nitrogen and oxygen atoms in total. The fraction of sp³-hybridized carbons (Fsp3) is 0.692. The second-order valence-electron chi connectivity index (χ2n) is 3.87. The van der Waals surface area contributed by atoms with E-state index < -0.39 is 12.1 Å². The Morgan fingerprint density at radius 1 is 1.12 bits per heavy atom. The molecule has 0 aromatic rings. The first kappa shape index (κ1) is 15.7. The second kappa shape index (κ2) is 9.87. The van der Waals surface area contributed by atoms with Crippen molar-refractivity contribution in [1.29, 1.82) is 0 Å². The maximum absolute atomic E-state index is 11.4. The number of rotatable bonds is 7. The molecule has 0 aromatic heterocycles. The van der Waals surface area contributed by atoms with Gasteiger partial charge in [0, 0.05) is 5.57 Å². The highest BCUT2D eigenvalue weighted by Crippen LogP contribution is 2.04. The topological polar surface area (TPSA) is 52.6 Å². The van der Waals surface area contributed by atoms with Gasteiger partial charge in [0.15, 0.2) is 0 Å². The van der Waals surface area contributed by atoms with Crippen molar-refractivity contribution in [3.8, 4) is 0 Å². The van der Waals surface area contributed by atoms with Crippen LogP contribution in [0.4, 0.5) is 4.79 Å². The van der Waals surface area contributed by atoms with Gasteiger partial charge in [-0.25, -0.2) is 9.59 Å². The molecular formula is C13H22O4. The van der Waals surface area contributed by atoms with Crippen molar-refractivity contribution in [2.75, 3.05) is 6.61 Å². The van der Waals surface area contributed by atoms with Crippen molar-refractivity contribution >= 4 is 12.1 Å². The smallest absolute Gasteiger partial charge is 0.434 e. The number of allylic oxidation sites excluding steroid dienone is 1. The molecule has 0 fully saturated rings. The number of carbonyl (C=O) groups excluding carboxylic acids is 2. The van der Waals surface area contributed by atoms with E-state index in [0.717, 1.165) is 32.1 Å². The monoisotopic (exact) mass is 242 g/mol. The zero-order valence-electron chi connectivity index (χ0n) is 11.0. The van der Waals surface area contributed by atoms with Crippen molar-refractivity contribution in [3.63, 3.8) is 0 Å². The summed E-state index contributed by atoms with van der Waals surface area (Å²) in [7, 11) is 0. The maximum Gasteiger partial charge on any atom is 0.516 e. The predicted molar refractivity (Wildman–Crippen MR) is 65.6 cm³/mol. The Labute approximate surface area is 103 Å². The van der Waals surface area contributed by atoms with E-state index in [1.54, 1.807) is 13.0 Å². The molecule has 0 spiro atoms. The maximum atomic E-state index is 11.4. The molecule has 4 heteroatoms. The lowest BCUT2D eigenvalue weighted by Gasteiger charge is -2.04. The third-order valence-electron chi connectivity index (χ3n) is 2.22. The lowest BCUT2D eigenvalue weighted by atomic mass is 10.2. The van der Waals surface area contributed by atoms with Gasteiger partial charge in [-0.3, -0.25) is 0 Å². The SMILES string of the molecule is CCCCC=C(C)C(=O)OC(=O)OCCCC. The minimum Gasteiger partial charge on any atom is -0.434 e. The van der Waals surface area contributed by atoms with Crippen LogP contribution in [0.3, 0.4) is 0 Å². The largest absolute Gasteiger partial charge is 0.516 e. The Morgan fingerprint density at radius 2 is 1.76 bits per heavy atom. The lowest BCUT2D eigenvalue weighted by molar-refractivity contribution is -0.135. The standard InChI is InChI=1S/C13H22O4/c1-4-6-8-9-11(3)12(14)17-13(15)16-10-7-5-2/h9H,4-8,10H2,1-3H3. The van der Waals surface area contributed by atoms with Gasteiger partial charge in [0.1, 0.15) is 0 Å². The lowest BCUT2D eigenvalue weighted by Crippen LogP contribution is -2.15. The molecule has 0 aliphatic rings. The minimum absolute atomic E-state index is 0.293. The third kappa shape index (κ3) is 8.48. The van der Waals surface area contributed by atoms with Crippen molar-refractivity contribution < 1.29 is 19.1 Å². The molecule has 0 bridgehead atoms. The van der Waals surface area contributed by atoms with Crippen LogP contribution in [-0.2, 0) is 14.3 Å². The molecular weight excluding hydrogens is 220 g/mol. The van der Waals surface area contributed by atoms with Gasteiger partial charge in [0.25, 0.3) is 0 Å². The van der Waals surface area contributed by atoms with E-state index in [4.69, 9.17) is 4.74 Å². The van der Waals surface area contributed by atoms with Gasteiger partial charge in [-0.05, 0) is 19.8 Å². The molecule has 0 atom stereocenters. The van der Waals surface area contributed by atoms with Gasteiger partial charge >= 0.3 is 12.1 Å². The Bertz CT molecular complexity index is 269. The molecule has 0 radical (unpaired) electrons. The Hall–Kier alpha value is -1.32. The number of hydrogen-bond acceptors (Lipinski definition) is 4.